The second-order valence-corrected chi connectivity index (χ2v) is 5.00. The van der Waals surface area contributed by atoms with Crippen LogP contribution in [-0.2, 0) is 6.54 Å². The van der Waals surface area contributed by atoms with Gasteiger partial charge >= 0.3 is 6.18 Å². The summed E-state index contributed by atoms with van der Waals surface area (Å²) in [7, 11) is 0. The fourth-order valence-corrected chi connectivity index (χ4v) is 1.97. The molecule has 0 saturated carbocycles. The van der Waals surface area contributed by atoms with Gasteiger partial charge < -0.3 is 10.4 Å². The van der Waals surface area contributed by atoms with E-state index in [9.17, 15) is 18.0 Å². The molecule has 1 atom stereocenters. The molecular weight excluding hydrogens is 311 g/mol. The average Bonchev–Trinajstić information content (AvgIpc) is 2.40. The molecular formula is C12H17ClF3N3O2. The molecule has 5 nitrogen and oxygen atoms in total. The highest BCUT2D eigenvalue weighted by molar-refractivity contribution is 6.32. The molecule has 1 aromatic rings. The number of nitrogens with one attached hydrogen (secondary N) is 1. The Hall–Kier alpha value is -1.28. The van der Waals surface area contributed by atoms with Gasteiger partial charge in [-0.05, 0) is 12.3 Å². The van der Waals surface area contributed by atoms with Crippen LogP contribution in [0.4, 0.5) is 18.9 Å². The Morgan fingerprint density at radius 1 is 1.52 bits per heavy atom. The minimum absolute atomic E-state index is 0.0410. The van der Waals surface area contributed by atoms with Crippen LogP contribution in [0.15, 0.2) is 11.0 Å². The van der Waals surface area contributed by atoms with Crippen LogP contribution in [0.5, 0.6) is 0 Å². The van der Waals surface area contributed by atoms with E-state index in [1.807, 2.05) is 6.92 Å². The largest absolute Gasteiger partial charge is 0.408 e. The van der Waals surface area contributed by atoms with Gasteiger partial charge in [0.2, 0.25) is 0 Å². The summed E-state index contributed by atoms with van der Waals surface area (Å²) >= 11 is 5.78. The highest BCUT2D eigenvalue weighted by atomic mass is 35.5. The third-order valence-electron chi connectivity index (χ3n) is 3.01. The molecule has 9 heteroatoms. The van der Waals surface area contributed by atoms with Gasteiger partial charge in [-0.1, -0.05) is 24.9 Å². The summed E-state index contributed by atoms with van der Waals surface area (Å²) in [6, 6.07) is 0. The number of aromatic nitrogens is 2. The zero-order chi connectivity index (χ0) is 16.0. The first-order chi connectivity index (χ1) is 9.78. The summed E-state index contributed by atoms with van der Waals surface area (Å²) < 4.78 is 37.0. The Labute approximate surface area is 124 Å². The van der Waals surface area contributed by atoms with Crippen molar-refractivity contribution in [1.82, 2.24) is 9.78 Å². The third-order valence-corrected chi connectivity index (χ3v) is 3.38. The van der Waals surface area contributed by atoms with Crippen molar-refractivity contribution in [3.63, 3.8) is 0 Å². The summed E-state index contributed by atoms with van der Waals surface area (Å²) in [6.45, 7) is 0.956. The molecule has 0 amide bonds. The number of anilines is 1. The number of hydrogen-bond donors (Lipinski definition) is 2. The van der Waals surface area contributed by atoms with E-state index in [1.54, 1.807) is 0 Å². The molecule has 0 radical (unpaired) electrons. The number of halogens is 4. The monoisotopic (exact) mass is 327 g/mol. The molecule has 0 spiro atoms. The first-order valence-corrected chi connectivity index (χ1v) is 6.83. The van der Waals surface area contributed by atoms with E-state index in [0.717, 1.165) is 12.6 Å². The lowest BCUT2D eigenvalue weighted by molar-refractivity contribution is -0.143. The van der Waals surface area contributed by atoms with Crippen LogP contribution >= 0.6 is 11.6 Å². The van der Waals surface area contributed by atoms with Gasteiger partial charge in [-0.25, -0.2) is 4.68 Å². The molecule has 1 aromatic heterocycles. The molecule has 0 aliphatic carbocycles. The fraction of sp³-hybridized carbons (Fsp3) is 0.667. The highest BCUT2D eigenvalue weighted by Gasteiger charge is 2.29. The Kier molecular flexibility index (Phi) is 6.47. The lowest BCUT2D eigenvalue weighted by Gasteiger charge is -2.16. The first kappa shape index (κ1) is 17.8. The van der Waals surface area contributed by atoms with E-state index in [1.165, 1.54) is 0 Å². The van der Waals surface area contributed by atoms with Gasteiger partial charge in [0.15, 0.2) is 0 Å². The maximum atomic E-state index is 12.3. The number of aliphatic hydroxyl groups excluding tert-OH is 1. The predicted molar refractivity (Wildman–Crippen MR) is 73.5 cm³/mol. The topological polar surface area (TPSA) is 67.2 Å². The van der Waals surface area contributed by atoms with Crippen molar-refractivity contribution in [2.45, 2.75) is 32.5 Å². The normalized spacial score (nSPS) is 13.2. The van der Waals surface area contributed by atoms with Crippen molar-refractivity contribution in [3.8, 4) is 0 Å². The molecule has 0 bridgehead atoms. The molecule has 0 fully saturated rings. The molecule has 0 aromatic carbocycles. The average molecular weight is 328 g/mol. The van der Waals surface area contributed by atoms with Crippen LogP contribution < -0.4 is 10.9 Å². The Bertz CT molecular complexity index is 519. The van der Waals surface area contributed by atoms with E-state index >= 15 is 0 Å². The van der Waals surface area contributed by atoms with Gasteiger partial charge in [0, 0.05) is 13.2 Å². The smallest absolute Gasteiger partial charge is 0.396 e. The number of aliphatic hydroxyl groups is 1. The van der Waals surface area contributed by atoms with Gasteiger partial charge in [0.05, 0.1) is 11.9 Å². The summed E-state index contributed by atoms with van der Waals surface area (Å²) in [4.78, 5) is 11.7. The van der Waals surface area contributed by atoms with Crippen LogP contribution in [0.25, 0.3) is 0 Å². The SMILES string of the molecule is CCC(CCO)CNc1cnn(CC(F)(F)F)c(=O)c1Cl. The van der Waals surface area contributed by atoms with Crippen molar-refractivity contribution in [2.75, 3.05) is 18.5 Å². The van der Waals surface area contributed by atoms with Gasteiger partial charge in [-0.15, -0.1) is 0 Å². The van der Waals surface area contributed by atoms with E-state index in [-0.39, 0.29) is 27.9 Å². The van der Waals surface area contributed by atoms with E-state index in [2.05, 4.69) is 10.4 Å². The standard InChI is InChI=1S/C12H17ClF3N3O2/c1-2-8(3-4-20)5-17-9-6-18-19(7-12(14,15)16)11(21)10(9)13/h6,8,17,20H,2-5,7H2,1H3. The van der Waals surface area contributed by atoms with E-state index in [4.69, 9.17) is 16.7 Å². The summed E-state index contributed by atoms with van der Waals surface area (Å²) in [5, 5.41) is 14.9. The lowest BCUT2D eigenvalue weighted by Crippen LogP contribution is -2.31. The number of nitrogens with zero attached hydrogens (tertiary/aromatic N) is 2. The van der Waals surface area contributed by atoms with Crippen LogP contribution in [-0.4, -0.2) is 34.2 Å². The second-order valence-electron chi connectivity index (χ2n) is 4.62. The second kappa shape index (κ2) is 7.65. The molecule has 0 aliphatic rings. The summed E-state index contributed by atoms with van der Waals surface area (Å²) in [5.74, 6) is 0.170. The van der Waals surface area contributed by atoms with Gasteiger partial charge in [-0.2, -0.15) is 18.3 Å². The molecule has 2 N–H and O–H groups in total. The van der Waals surface area contributed by atoms with Crippen molar-refractivity contribution in [1.29, 1.82) is 0 Å². The van der Waals surface area contributed by atoms with Crippen molar-refractivity contribution in [2.24, 2.45) is 5.92 Å². The highest BCUT2D eigenvalue weighted by Crippen LogP contribution is 2.20. The quantitative estimate of drug-likeness (QED) is 0.806. The number of hydrogen-bond acceptors (Lipinski definition) is 4. The van der Waals surface area contributed by atoms with Crippen LogP contribution in [0.3, 0.4) is 0 Å². The molecule has 1 unspecified atom stereocenters. The number of rotatable bonds is 7. The zero-order valence-corrected chi connectivity index (χ0v) is 12.2. The van der Waals surface area contributed by atoms with Crippen LogP contribution in [0.2, 0.25) is 5.02 Å². The fourth-order valence-electron chi connectivity index (χ4n) is 1.76. The number of alkyl halides is 3. The van der Waals surface area contributed by atoms with Gasteiger partial charge in [0.1, 0.15) is 11.6 Å². The van der Waals surface area contributed by atoms with Gasteiger partial charge in [-0.3, -0.25) is 4.79 Å². The van der Waals surface area contributed by atoms with Gasteiger partial charge in [0.25, 0.3) is 5.56 Å². The minimum atomic E-state index is -4.54. The lowest BCUT2D eigenvalue weighted by atomic mass is 10.0. The molecule has 21 heavy (non-hydrogen) atoms. The Balaban J connectivity index is 2.82. The predicted octanol–water partition coefficient (Wildman–Crippen LogP) is 2.28. The zero-order valence-electron chi connectivity index (χ0n) is 11.5. The molecule has 120 valence electrons. The van der Waals surface area contributed by atoms with Crippen LogP contribution in [0.1, 0.15) is 19.8 Å². The molecule has 0 aliphatic heterocycles. The van der Waals surface area contributed by atoms with Crippen molar-refractivity contribution >= 4 is 17.3 Å². The third kappa shape index (κ3) is 5.55. The Morgan fingerprint density at radius 2 is 2.19 bits per heavy atom. The van der Waals surface area contributed by atoms with Crippen molar-refractivity contribution in [3.05, 3.63) is 21.6 Å². The molecule has 1 rings (SSSR count). The Morgan fingerprint density at radius 3 is 2.71 bits per heavy atom. The maximum Gasteiger partial charge on any atom is 0.408 e. The molecule has 1 heterocycles. The van der Waals surface area contributed by atoms with E-state index < -0.39 is 18.3 Å². The van der Waals surface area contributed by atoms with Crippen LogP contribution in [0, 0.1) is 5.92 Å². The maximum absolute atomic E-state index is 12.3. The first-order valence-electron chi connectivity index (χ1n) is 6.45. The summed E-state index contributed by atoms with van der Waals surface area (Å²) in [6.07, 6.45) is -2.05. The van der Waals surface area contributed by atoms with Crippen molar-refractivity contribution < 1.29 is 18.3 Å². The summed E-state index contributed by atoms with van der Waals surface area (Å²) in [5.41, 5.74) is -0.800. The molecule has 0 saturated heterocycles. The minimum Gasteiger partial charge on any atom is -0.396 e. The van der Waals surface area contributed by atoms with E-state index in [0.29, 0.717) is 13.0 Å².